The van der Waals surface area contributed by atoms with Gasteiger partial charge in [0.2, 0.25) is 0 Å². The van der Waals surface area contributed by atoms with Crippen LogP contribution >= 0.6 is 11.3 Å². The summed E-state index contributed by atoms with van der Waals surface area (Å²) >= 11 is 1.63. The van der Waals surface area contributed by atoms with Gasteiger partial charge in [-0.15, -0.1) is 10.2 Å². The lowest BCUT2D eigenvalue weighted by molar-refractivity contribution is 0.416. The number of nitrogens with one attached hydrogen (secondary N) is 1. The Balaban J connectivity index is 2.14. The molecule has 0 aliphatic carbocycles. The average molecular weight is 291 g/mol. The van der Waals surface area contributed by atoms with Gasteiger partial charge in [0.1, 0.15) is 10.8 Å². The van der Waals surface area contributed by atoms with Crippen molar-refractivity contribution in [3.63, 3.8) is 0 Å². The van der Waals surface area contributed by atoms with E-state index in [4.69, 9.17) is 4.74 Å². The summed E-state index contributed by atoms with van der Waals surface area (Å²) in [6.45, 7) is 7.28. The smallest absolute Gasteiger partial charge is 0.151 e. The maximum absolute atomic E-state index is 5.40. The van der Waals surface area contributed by atoms with Crippen molar-refractivity contribution in [1.82, 2.24) is 15.5 Å². The van der Waals surface area contributed by atoms with Gasteiger partial charge in [0.15, 0.2) is 5.01 Å². The highest BCUT2D eigenvalue weighted by atomic mass is 32.1. The number of hydrogen-bond donors (Lipinski definition) is 1. The molecule has 0 aliphatic heterocycles. The van der Waals surface area contributed by atoms with E-state index in [2.05, 4.69) is 42.4 Å². The molecule has 0 amide bonds. The largest absolute Gasteiger partial charge is 0.496 e. The maximum atomic E-state index is 5.40. The van der Waals surface area contributed by atoms with Gasteiger partial charge in [-0.1, -0.05) is 36.8 Å². The Morgan fingerprint density at radius 3 is 2.80 bits per heavy atom. The third-order valence-electron chi connectivity index (χ3n) is 2.94. The normalized spacial score (nSPS) is 11.1. The minimum absolute atomic E-state index is 0.499. The maximum Gasteiger partial charge on any atom is 0.151 e. The molecule has 0 radical (unpaired) electrons. The molecule has 0 aliphatic rings. The first kappa shape index (κ1) is 14.9. The predicted octanol–water partition coefficient (Wildman–Crippen LogP) is 3.06. The Kier molecular flexibility index (Phi) is 5.09. The van der Waals surface area contributed by atoms with Crippen LogP contribution in [0, 0.1) is 6.92 Å². The molecule has 2 rings (SSSR count). The second-order valence-corrected chi connectivity index (χ2v) is 6.13. The molecule has 0 fully saturated rings. The van der Waals surface area contributed by atoms with Crippen molar-refractivity contribution < 1.29 is 4.74 Å². The Labute approximate surface area is 124 Å². The molecule has 5 heteroatoms. The summed E-state index contributed by atoms with van der Waals surface area (Å²) in [4.78, 5) is 0. The van der Waals surface area contributed by atoms with Gasteiger partial charge in [0.05, 0.1) is 12.7 Å². The van der Waals surface area contributed by atoms with E-state index in [-0.39, 0.29) is 0 Å². The first-order valence-electron chi connectivity index (χ1n) is 6.81. The van der Waals surface area contributed by atoms with Crippen LogP contribution in [0.25, 0.3) is 10.6 Å². The summed E-state index contributed by atoms with van der Waals surface area (Å²) in [5.41, 5.74) is 2.21. The fourth-order valence-electron chi connectivity index (χ4n) is 1.92. The SMILES string of the molecule is COc1ccc(C)cc1-c1nnc(CCNC(C)C)s1. The fraction of sp³-hybridized carbons (Fsp3) is 0.467. The van der Waals surface area contributed by atoms with Crippen LogP contribution in [0.5, 0.6) is 5.75 Å². The molecule has 1 heterocycles. The van der Waals surface area contributed by atoms with Crippen molar-refractivity contribution in [2.45, 2.75) is 33.2 Å². The molecule has 0 saturated carbocycles. The number of nitrogens with zero attached hydrogens (tertiary/aromatic N) is 2. The highest BCUT2D eigenvalue weighted by molar-refractivity contribution is 7.14. The van der Waals surface area contributed by atoms with Gasteiger partial charge >= 0.3 is 0 Å². The molecule has 1 aromatic heterocycles. The summed E-state index contributed by atoms with van der Waals surface area (Å²) in [5, 5.41) is 13.9. The summed E-state index contributed by atoms with van der Waals surface area (Å²) in [6.07, 6.45) is 0.907. The van der Waals surface area contributed by atoms with Crippen LogP contribution in [0.15, 0.2) is 18.2 Å². The van der Waals surface area contributed by atoms with Crippen LogP contribution in [-0.4, -0.2) is 29.9 Å². The standard InChI is InChI=1S/C15H21N3OS/c1-10(2)16-8-7-14-17-18-15(20-14)12-9-11(3)5-6-13(12)19-4/h5-6,9-10,16H,7-8H2,1-4H3. The number of ether oxygens (including phenoxy) is 1. The zero-order valence-corrected chi connectivity index (χ0v) is 13.3. The van der Waals surface area contributed by atoms with Crippen LogP contribution in [-0.2, 0) is 6.42 Å². The van der Waals surface area contributed by atoms with Crippen molar-refractivity contribution >= 4 is 11.3 Å². The fourth-order valence-corrected chi connectivity index (χ4v) is 2.78. The van der Waals surface area contributed by atoms with E-state index in [1.165, 1.54) is 5.56 Å². The van der Waals surface area contributed by atoms with Crippen molar-refractivity contribution in [1.29, 1.82) is 0 Å². The summed E-state index contributed by atoms with van der Waals surface area (Å²) < 4.78 is 5.40. The van der Waals surface area contributed by atoms with Gasteiger partial charge in [-0.25, -0.2) is 0 Å². The molecule has 1 aromatic carbocycles. The summed E-state index contributed by atoms with van der Waals surface area (Å²) in [6, 6.07) is 6.61. The van der Waals surface area contributed by atoms with Crippen LogP contribution in [0.4, 0.5) is 0 Å². The van der Waals surface area contributed by atoms with Gasteiger partial charge in [0, 0.05) is 19.0 Å². The third kappa shape index (κ3) is 3.77. The Hall–Kier alpha value is -1.46. The van der Waals surface area contributed by atoms with Crippen LogP contribution in [0.3, 0.4) is 0 Å². The molecule has 0 unspecified atom stereocenters. The Morgan fingerprint density at radius 2 is 2.10 bits per heavy atom. The van der Waals surface area contributed by atoms with E-state index in [9.17, 15) is 0 Å². The van der Waals surface area contributed by atoms with E-state index >= 15 is 0 Å². The molecule has 0 saturated heterocycles. The first-order valence-corrected chi connectivity index (χ1v) is 7.62. The van der Waals surface area contributed by atoms with E-state index in [0.717, 1.165) is 34.3 Å². The Morgan fingerprint density at radius 1 is 1.30 bits per heavy atom. The predicted molar refractivity (Wildman–Crippen MR) is 83.5 cm³/mol. The van der Waals surface area contributed by atoms with Gasteiger partial charge in [-0.3, -0.25) is 0 Å². The van der Waals surface area contributed by atoms with Gasteiger partial charge in [-0.05, 0) is 19.1 Å². The number of methoxy groups -OCH3 is 1. The number of aromatic nitrogens is 2. The molecular weight excluding hydrogens is 270 g/mol. The molecule has 1 N–H and O–H groups in total. The third-order valence-corrected chi connectivity index (χ3v) is 3.96. The zero-order valence-electron chi connectivity index (χ0n) is 12.4. The van der Waals surface area contributed by atoms with Crippen molar-refractivity contribution in [2.75, 3.05) is 13.7 Å². The highest BCUT2D eigenvalue weighted by Crippen LogP contribution is 2.32. The van der Waals surface area contributed by atoms with Crippen LogP contribution < -0.4 is 10.1 Å². The number of hydrogen-bond acceptors (Lipinski definition) is 5. The molecule has 2 aromatic rings. The number of rotatable bonds is 6. The van der Waals surface area contributed by atoms with E-state index in [1.54, 1.807) is 18.4 Å². The summed E-state index contributed by atoms with van der Waals surface area (Å²) in [5.74, 6) is 0.846. The first-order chi connectivity index (χ1) is 9.60. The molecule has 108 valence electrons. The number of aryl methyl sites for hydroxylation is 1. The molecule has 0 bridgehead atoms. The lowest BCUT2D eigenvalue weighted by atomic mass is 10.1. The molecular formula is C15H21N3OS. The minimum atomic E-state index is 0.499. The quantitative estimate of drug-likeness (QED) is 0.888. The second kappa shape index (κ2) is 6.81. The highest BCUT2D eigenvalue weighted by Gasteiger charge is 2.12. The molecule has 0 atom stereocenters. The number of benzene rings is 1. The van der Waals surface area contributed by atoms with E-state index < -0.39 is 0 Å². The lowest BCUT2D eigenvalue weighted by Gasteiger charge is -2.06. The van der Waals surface area contributed by atoms with Crippen LogP contribution in [0.2, 0.25) is 0 Å². The lowest BCUT2D eigenvalue weighted by Crippen LogP contribution is -2.24. The second-order valence-electron chi connectivity index (χ2n) is 5.06. The van der Waals surface area contributed by atoms with Gasteiger partial charge in [-0.2, -0.15) is 0 Å². The average Bonchev–Trinajstić information content (AvgIpc) is 2.87. The van der Waals surface area contributed by atoms with Gasteiger partial charge in [0.25, 0.3) is 0 Å². The monoisotopic (exact) mass is 291 g/mol. The van der Waals surface area contributed by atoms with Crippen molar-refractivity contribution in [3.8, 4) is 16.3 Å². The molecule has 4 nitrogen and oxygen atoms in total. The zero-order chi connectivity index (χ0) is 14.5. The molecule has 20 heavy (non-hydrogen) atoms. The topological polar surface area (TPSA) is 47.0 Å². The Bertz CT molecular complexity index is 566. The summed E-state index contributed by atoms with van der Waals surface area (Å²) in [7, 11) is 1.68. The van der Waals surface area contributed by atoms with Gasteiger partial charge < -0.3 is 10.1 Å². The van der Waals surface area contributed by atoms with E-state index in [1.807, 2.05) is 12.1 Å². The molecule has 0 spiro atoms. The van der Waals surface area contributed by atoms with E-state index in [0.29, 0.717) is 6.04 Å². The van der Waals surface area contributed by atoms with Crippen molar-refractivity contribution in [3.05, 3.63) is 28.8 Å². The minimum Gasteiger partial charge on any atom is -0.496 e. The van der Waals surface area contributed by atoms with Crippen LogP contribution in [0.1, 0.15) is 24.4 Å². The van der Waals surface area contributed by atoms with Crippen molar-refractivity contribution in [2.24, 2.45) is 0 Å².